The van der Waals surface area contributed by atoms with Crippen LogP contribution in [0.3, 0.4) is 0 Å². The maximum absolute atomic E-state index is 3.14. The summed E-state index contributed by atoms with van der Waals surface area (Å²) in [6, 6.07) is 0. The van der Waals surface area contributed by atoms with E-state index in [4.69, 9.17) is 0 Å². The lowest BCUT2D eigenvalue weighted by molar-refractivity contribution is 0.828. The third-order valence-corrected chi connectivity index (χ3v) is 1.02. The summed E-state index contributed by atoms with van der Waals surface area (Å²) in [6.45, 7) is 3.12. The van der Waals surface area contributed by atoms with Crippen LogP contribution in [-0.4, -0.2) is 6.54 Å². The second-order valence-corrected chi connectivity index (χ2v) is 1.66. The lowest BCUT2D eigenvalue weighted by Crippen LogP contribution is -2.06. The van der Waals surface area contributed by atoms with Crippen LogP contribution in [0, 0.1) is 6.54 Å². The molecule has 1 aliphatic rings. The Labute approximate surface area is 44.4 Å². The maximum Gasteiger partial charge on any atom is 0.0227 e. The van der Waals surface area contributed by atoms with Gasteiger partial charge in [-0.05, 0) is 12.8 Å². The summed E-state index contributed by atoms with van der Waals surface area (Å²) in [5.41, 5.74) is 0. The molecule has 1 radical (unpaired) electrons. The minimum Gasteiger partial charge on any atom is -0.309 e. The van der Waals surface area contributed by atoms with Crippen molar-refractivity contribution in [2.24, 2.45) is 0 Å². The second kappa shape index (κ2) is 2.80. The van der Waals surface area contributed by atoms with Crippen molar-refractivity contribution in [3.05, 3.63) is 18.7 Å². The normalized spacial score (nSPS) is 21.7. The van der Waals surface area contributed by atoms with E-state index in [0.29, 0.717) is 0 Å². The van der Waals surface area contributed by atoms with Gasteiger partial charge in [-0.2, -0.15) is 0 Å². The third kappa shape index (κ3) is 1.74. The van der Waals surface area contributed by atoms with Crippen molar-refractivity contribution >= 4 is 0 Å². The zero-order valence-electron chi connectivity index (χ0n) is 4.35. The van der Waals surface area contributed by atoms with E-state index in [1.807, 2.05) is 0 Å². The Bertz CT molecular complexity index is 58.6. The van der Waals surface area contributed by atoms with Crippen LogP contribution in [0.1, 0.15) is 12.8 Å². The van der Waals surface area contributed by atoms with Crippen LogP contribution in [0.4, 0.5) is 0 Å². The van der Waals surface area contributed by atoms with Crippen LogP contribution in [0.15, 0.2) is 12.2 Å². The zero-order chi connectivity index (χ0) is 4.95. The fourth-order valence-electron chi connectivity index (χ4n) is 0.634. The smallest absolute Gasteiger partial charge is 0.0227 e. The molecule has 1 heteroatoms. The highest BCUT2D eigenvalue weighted by molar-refractivity contribution is 4.89. The predicted octanol–water partition coefficient (Wildman–Crippen LogP) is 1.09. The average Bonchev–Trinajstić information content (AvgIpc) is 1.90. The largest absolute Gasteiger partial charge is 0.309 e. The van der Waals surface area contributed by atoms with E-state index in [1.165, 1.54) is 12.8 Å². The highest BCUT2D eigenvalue weighted by atomic mass is 14.8. The first kappa shape index (κ1) is 4.85. The molecule has 0 saturated carbocycles. The Balaban J connectivity index is 2.20. The quantitative estimate of drug-likeness (QED) is 0.445. The number of hydrogen-bond acceptors (Lipinski definition) is 1. The van der Waals surface area contributed by atoms with Gasteiger partial charge in [0.2, 0.25) is 0 Å². The fraction of sp³-hybridized carbons (Fsp3) is 0.500. The molecule has 0 aromatic carbocycles. The van der Waals surface area contributed by atoms with Crippen LogP contribution >= 0.6 is 0 Å². The van der Waals surface area contributed by atoms with E-state index < -0.39 is 0 Å². The van der Waals surface area contributed by atoms with E-state index >= 15 is 0 Å². The first-order valence-corrected chi connectivity index (χ1v) is 2.70. The molecule has 0 aromatic heterocycles. The minimum absolute atomic E-state index is 1.01. The van der Waals surface area contributed by atoms with Crippen molar-refractivity contribution in [2.45, 2.75) is 12.8 Å². The lowest BCUT2D eigenvalue weighted by Gasteiger charge is -1.90. The first-order valence-electron chi connectivity index (χ1n) is 2.70. The Morgan fingerprint density at radius 1 is 1.14 bits per heavy atom. The zero-order valence-corrected chi connectivity index (χ0v) is 4.35. The van der Waals surface area contributed by atoms with Crippen molar-refractivity contribution in [2.75, 3.05) is 6.54 Å². The molecule has 0 spiro atoms. The first-order chi connectivity index (χ1) is 3.50. The van der Waals surface area contributed by atoms with Crippen molar-refractivity contribution in [3.8, 4) is 0 Å². The molecule has 0 aromatic rings. The molecule has 1 aliphatic heterocycles. The molecule has 1 nitrogen and oxygen atoms in total. The van der Waals surface area contributed by atoms with E-state index in [2.05, 4.69) is 24.0 Å². The Kier molecular flexibility index (Phi) is 1.94. The van der Waals surface area contributed by atoms with Crippen molar-refractivity contribution in [1.82, 2.24) is 5.32 Å². The molecule has 0 amide bonds. The van der Waals surface area contributed by atoms with E-state index in [9.17, 15) is 0 Å². The lowest BCUT2D eigenvalue weighted by atomic mass is 10.3. The molecule has 1 heterocycles. The summed E-state index contributed by atoms with van der Waals surface area (Å²) in [4.78, 5) is 0. The summed E-state index contributed by atoms with van der Waals surface area (Å²) in [7, 11) is 0. The summed E-state index contributed by atoms with van der Waals surface area (Å²) < 4.78 is 0. The molecule has 0 saturated heterocycles. The highest BCUT2D eigenvalue weighted by Gasteiger charge is 1.87. The van der Waals surface area contributed by atoms with Gasteiger partial charge in [-0.15, -0.1) is 0 Å². The Hall–Kier alpha value is -0.300. The van der Waals surface area contributed by atoms with Crippen molar-refractivity contribution in [1.29, 1.82) is 0 Å². The molecule has 0 aliphatic carbocycles. The van der Waals surface area contributed by atoms with Crippen molar-refractivity contribution < 1.29 is 0 Å². The summed E-state index contributed by atoms with van der Waals surface area (Å²) in [5, 5.41) is 3.14. The standard InChI is InChI=1S/C6H10N/c1-2-4-6-7-5-3-1/h1,3,6-7H,2,4-5H2. The molecule has 0 unspecified atom stereocenters. The van der Waals surface area contributed by atoms with Gasteiger partial charge in [-0.3, -0.25) is 0 Å². The minimum atomic E-state index is 1.01. The third-order valence-electron chi connectivity index (χ3n) is 1.02. The van der Waals surface area contributed by atoms with Gasteiger partial charge in [-0.25, -0.2) is 0 Å². The van der Waals surface area contributed by atoms with Gasteiger partial charge >= 0.3 is 0 Å². The Morgan fingerprint density at radius 2 is 2.14 bits per heavy atom. The molecule has 1 N–H and O–H groups in total. The molecular weight excluding hydrogens is 86.1 g/mol. The molecule has 0 atom stereocenters. The van der Waals surface area contributed by atoms with E-state index in [1.54, 1.807) is 0 Å². The predicted molar refractivity (Wildman–Crippen MR) is 30.7 cm³/mol. The van der Waals surface area contributed by atoms with Gasteiger partial charge in [-0.1, -0.05) is 12.2 Å². The summed E-state index contributed by atoms with van der Waals surface area (Å²) >= 11 is 0. The number of rotatable bonds is 0. The van der Waals surface area contributed by atoms with Crippen LogP contribution in [-0.2, 0) is 0 Å². The number of hydrogen-bond donors (Lipinski definition) is 1. The second-order valence-electron chi connectivity index (χ2n) is 1.66. The molecule has 39 valence electrons. The molecule has 7 heavy (non-hydrogen) atoms. The van der Waals surface area contributed by atoms with Gasteiger partial charge in [0, 0.05) is 13.1 Å². The summed E-state index contributed by atoms with van der Waals surface area (Å²) in [6.07, 6.45) is 6.74. The monoisotopic (exact) mass is 96.1 g/mol. The molecular formula is C6H10N. The van der Waals surface area contributed by atoms with Gasteiger partial charge in [0.15, 0.2) is 0 Å². The topological polar surface area (TPSA) is 12.0 Å². The average molecular weight is 96.2 g/mol. The van der Waals surface area contributed by atoms with Crippen LogP contribution < -0.4 is 5.32 Å². The number of nitrogens with one attached hydrogen (secondary N) is 1. The van der Waals surface area contributed by atoms with Crippen LogP contribution in [0.25, 0.3) is 0 Å². The number of allylic oxidation sites excluding steroid dienone is 1. The summed E-state index contributed by atoms with van der Waals surface area (Å²) in [5.74, 6) is 0. The van der Waals surface area contributed by atoms with Gasteiger partial charge in [0.1, 0.15) is 0 Å². The van der Waals surface area contributed by atoms with E-state index in [-0.39, 0.29) is 0 Å². The molecule has 1 rings (SSSR count). The van der Waals surface area contributed by atoms with Crippen LogP contribution in [0.2, 0.25) is 0 Å². The van der Waals surface area contributed by atoms with Gasteiger partial charge < -0.3 is 5.32 Å². The van der Waals surface area contributed by atoms with Crippen molar-refractivity contribution in [3.63, 3.8) is 0 Å². The van der Waals surface area contributed by atoms with Gasteiger partial charge in [0.05, 0.1) is 0 Å². The SMILES string of the molecule is [CH]1CCC=CCN1. The van der Waals surface area contributed by atoms with Crippen LogP contribution in [0.5, 0.6) is 0 Å². The Morgan fingerprint density at radius 3 is 3.14 bits per heavy atom. The van der Waals surface area contributed by atoms with Gasteiger partial charge in [0.25, 0.3) is 0 Å². The maximum atomic E-state index is 3.14. The molecule has 0 fully saturated rings. The molecule has 0 bridgehead atoms. The highest BCUT2D eigenvalue weighted by Crippen LogP contribution is 1.95. The fourth-order valence-corrected chi connectivity index (χ4v) is 0.634. The van der Waals surface area contributed by atoms with E-state index in [0.717, 1.165) is 6.54 Å².